The molecular weight excluding hydrogens is 382 g/mol. The molecule has 0 bridgehead atoms. The first-order valence-corrected chi connectivity index (χ1v) is 8.82. The molecule has 0 aromatic heterocycles. The first-order chi connectivity index (χ1) is 12.4. The second-order valence-corrected chi connectivity index (χ2v) is 6.80. The van der Waals surface area contributed by atoms with Gasteiger partial charge in [0.15, 0.2) is 11.0 Å². The number of nitrogens with zero attached hydrogens (tertiary/aromatic N) is 2. The molecule has 134 valence electrons. The summed E-state index contributed by atoms with van der Waals surface area (Å²) in [4.78, 5) is 18.4. The van der Waals surface area contributed by atoms with Gasteiger partial charge in [-0.3, -0.25) is 9.69 Å². The van der Waals surface area contributed by atoms with Crippen LogP contribution in [0.1, 0.15) is 12.5 Å². The highest BCUT2D eigenvalue weighted by Gasteiger charge is 2.32. The zero-order valence-corrected chi connectivity index (χ0v) is 15.1. The van der Waals surface area contributed by atoms with E-state index in [-0.39, 0.29) is 22.5 Å². The number of halogens is 3. The molecule has 0 saturated carbocycles. The quantitative estimate of drug-likeness (QED) is 0.749. The van der Waals surface area contributed by atoms with E-state index in [9.17, 15) is 18.7 Å². The van der Waals surface area contributed by atoms with Crippen LogP contribution in [0.2, 0.25) is 5.02 Å². The summed E-state index contributed by atoms with van der Waals surface area (Å²) < 4.78 is 26.9. The van der Waals surface area contributed by atoms with Gasteiger partial charge in [0.25, 0.3) is 5.91 Å². The Morgan fingerprint density at radius 2 is 2.04 bits per heavy atom. The molecule has 1 saturated heterocycles. The van der Waals surface area contributed by atoms with E-state index < -0.39 is 11.6 Å². The minimum atomic E-state index is -0.813. The molecule has 1 amide bonds. The van der Waals surface area contributed by atoms with Crippen molar-refractivity contribution >= 4 is 46.2 Å². The van der Waals surface area contributed by atoms with Gasteiger partial charge >= 0.3 is 0 Å². The molecule has 3 rings (SSSR count). The number of benzene rings is 2. The van der Waals surface area contributed by atoms with Crippen molar-refractivity contribution in [1.29, 1.82) is 0 Å². The molecule has 1 fully saturated rings. The molecule has 2 aromatic rings. The summed E-state index contributed by atoms with van der Waals surface area (Å²) in [7, 11) is 0. The molecule has 0 unspecified atom stereocenters. The number of phenols is 1. The van der Waals surface area contributed by atoms with E-state index >= 15 is 0 Å². The smallest absolute Gasteiger partial charge is 0.266 e. The summed E-state index contributed by atoms with van der Waals surface area (Å²) in [6.07, 6.45) is 1.50. The third-order valence-electron chi connectivity index (χ3n) is 3.61. The molecule has 0 radical (unpaired) electrons. The molecule has 0 spiro atoms. The second-order valence-electron chi connectivity index (χ2n) is 5.35. The van der Waals surface area contributed by atoms with E-state index in [1.165, 1.54) is 35.2 Å². The number of likely N-dealkylation sites (N-methyl/N-ethyl adjacent to an activating group) is 1. The molecule has 1 heterocycles. The second kappa shape index (κ2) is 7.47. The fraction of sp³-hybridized carbons (Fsp3) is 0.111. The Labute approximate surface area is 157 Å². The van der Waals surface area contributed by atoms with Crippen LogP contribution < -0.4 is 0 Å². The summed E-state index contributed by atoms with van der Waals surface area (Å²) in [5.41, 5.74) is 0.325. The number of carbonyl (C=O) groups is 1. The van der Waals surface area contributed by atoms with Gasteiger partial charge in [-0.2, -0.15) is 0 Å². The molecule has 26 heavy (non-hydrogen) atoms. The van der Waals surface area contributed by atoms with Gasteiger partial charge in [0, 0.05) is 23.2 Å². The van der Waals surface area contributed by atoms with E-state index in [4.69, 9.17) is 11.6 Å². The topological polar surface area (TPSA) is 52.9 Å². The number of amides is 1. The maximum Gasteiger partial charge on any atom is 0.266 e. The largest absolute Gasteiger partial charge is 0.507 e. The monoisotopic (exact) mass is 394 g/mol. The molecule has 0 aliphatic carbocycles. The lowest BCUT2D eigenvalue weighted by atomic mass is 10.2. The lowest BCUT2D eigenvalue weighted by Gasteiger charge is -2.12. The van der Waals surface area contributed by atoms with Crippen molar-refractivity contribution in [3.8, 4) is 5.75 Å². The highest BCUT2D eigenvalue weighted by atomic mass is 35.5. The van der Waals surface area contributed by atoms with Crippen LogP contribution in [-0.4, -0.2) is 27.6 Å². The van der Waals surface area contributed by atoms with E-state index in [1.807, 2.05) is 0 Å². The maximum absolute atomic E-state index is 13.9. The van der Waals surface area contributed by atoms with Gasteiger partial charge in [-0.25, -0.2) is 13.8 Å². The number of phenolic OH excluding ortho intramolecular Hbond substituents is 1. The van der Waals surface area contributed by atoms with Crippen LogP contribution in [-0.2, 0) is 4.79 Å². The van der Waals surface area contributed by atoms with Gasteiger partial charge in [-0.1, -0.05) is 11.6 Å². The van der Waals surface area contributed by atoms with Crippen LogP contribution in [0, 0.1) is 11.6 Å². The number of aliphatic imine (C=N–C) groups is 1. The fourth-order valence-corrected chi connectivity index (χ4v) is 3.55. The zero-order valence-electron chi connectivity index (χ0n) is 13.5. The average molecular weight is 395 g/mol. The van der Waals surface area contributed by atoms with Crippen molar-refractivity contribution in [2.75, 3.05) is 6.54 Å². The summed E-state index contributed by atoms with van der Waals surface area (Å²) in [6.45, 7) is 2.08. The minimum absolute atomic E-state index is 0.0201. The molecule has 1 aliphatic rings. The van der Waals surface area contributed by atoms with Gasteiger partial charge in [-0.05, 0) is 55.1 Å². The standard InChI is InChI=1S/C18H13ClF2N2O2S/c1-2-23-17(25)16(8-10-7-11(19)3-6-15(10)24)26-18(23)22-14-5-4-12(20)9-13(14)21/h3-9,24H,2H2,1H3/b16-8+,22-18?. The first-order valence-electron chi connectivity index (χ1n) is 7.62. The molecule has 1 aliphatic heterocycles. The Bertz CT molecular complexity index is 947. The summed E-state index contributed by atoms with van der Waals surface area (Å²) in [5, 5.41) is 10.6. The number of carbonyl (C=O) groups excluding carboxylic acids is 1. The Morgan fingerprint density at radius 3 is 2.73 bits per heavy atom. The third-order valence-corrected chi connectivity index (χ3v) is 4.85. The average Bonchev–Trinajstić information content (AvgIpc) is 2.88. The maximum atomic E-state index is 13.9. The van der Waals surface area contributed by atoms with Gasteiger partial charge in [-0.15, -0.1) is 0 Å². The van der Waals surface area contributed by atoms with Gasteiger partial charge in [0.05, 0.1) is 4.91 Å². The Kier molecular flexibility index (Phi) is 5.29. The van der Waals surface area contributed by atoms with Crippen LogP contribution in [0.5, 0.6) is 5.75 Å². The Balaban J connectivity index is 1.99. The van der Waals surface area contributed by atoms with Crippen LogP contribution in [0.25, 0.3) is 6.08 Å². The first kappa shape index (κ1) is 18.4. The van der Waals surface area contributed by atoms with Crippen LogP contribution in [0.4, 0.5) is 14.5 Å². The number of hydrogen-bond acceptors (Lipinski definition) is 4. The molecule has 1 N–H and O–H groups in total. The third kappa shape index (κ3) is 3.73. The SMILES string of the molecule is CCN1C(=O)/C(=C\c2cc(Cl)ccc2O)SC1=Nc1ccc(F)cc1F. The van der Waals surface area contributed by atoms with E-state index in [1.54, 1.807) is 6.92 Å². The fourth-order valence-electron chi connectivity index (χ4n) is 2.33. The Hall–Kier alpha value is -2.38. The Morgan fingerprint density at radius 1 is 1.27 bits per heavy atom. The molecule has 8 heteroatoms. The lowest BCUT2D eigenvalue weighted by molar-refractivity contribution is -0.122. The van der Waals surface area contributed by atoms with Crippen molar-refractivity contribution in [2.24, 2.45) is 4.99 Å². The van der Waals surface area contributed by atoms with Crippen LogP contribution in [0.15, 0.2) is 46.3 Å². The molecular formula is C18H13ClF2N2O2S. The molecule has 0 atom stereocenters. The number of aromatic hydroxyl groups is 1. The highest BCUT2D eigenvalue weighted by molar-refractivity contribution is 8.18. The predicted octanol–water partition coefficient (Wildman–Crippen LogP) is 4.95. The van der Waals surface area contributed by atoms with E-state index in [0.29, 0.717) is 22.0 Å². The van der Waals surface area contributed by atoms with Crippen molar-refractivity contribution in [3.05, 3.63) is 63.5 Å². The van der Waals surface area contributed by atoms with E-state index in [2.05, 4.69) is 4.99 Å². The van der Waals surface area contributed by atoms with Crippen molar-refractivity contribution in [3.63, 3.8) is 0 Å². The van der Waals surface area contributed by atoms with Crippen LogP contribution >= 0.6 is 23.4 Å². The van der Waals surface area contributed by atoms with Gasteiger partial charge < -0.3 is 5.11 Å². The number of rotatable bonds is 3. The predicted molar refractivity (Wildman–Crippen MR) is 99.5 cm³/mol. The number of hydrogen-bond donors (Lipinski definition) is 1. The normalized spacial score (nSPS) is 17.5. The molecule has 2 aromatic carbocycles. The van der Waals surface area contributed by atoms with Gasteiger partial charge in [0.1, 0.15) is 17.3 Å². The summed E-state index contributed by atoms with van der Waals surface area (Å²) in [5.74, 6) is -1.86. The highest BCUT2D eigenvalue weighted by Crippen LogP contribution is 2.36. The van der Waals surface area contributed by atoms with Gasteiger partial charge in [0.2, 0.25) is 0 Å². The lowest BCUT2D eigenvalue weighted by Crippen LogP contribution is -2.28. The molecule has 4 nitrogen and oxygen atoms in total. The summed E-state index contributed by atoms with van der Waals surface area (Å²) in [6, 6.07) is 7.53. The van der Waals surface area contributed by atoms with Crippen LogP contribution in [0.3, 0.4) is 0 Å². The minimum Gasteiger partial charge on any atom is -0.507 e. The van der Waals surface area contributed by atoms with E-state index in [0.717, 1.165) is 23.9 Å². The zero-order chi connectivity index (χ0) is 18.8. The summed E-state index contributed by atoms with van der Waals surface area (Å²) >= 11 is 6.96. The van der Waals surface area contributed by atoms with Crippen molar-refractivity contribution in [2.45, 2.75) is 6.92 Å². The van der Waals surface area contributed by atoms with Crippen molar-refractivity contribution < 1.29 is 18.7 Å². The number of amidine groups is 1. The van der Waals surface area contributed by atoms with Crippen molar-refractivity contribution in [1.82, 2.24) is 4.90 Å². The number of thioether (sulfide) groups is 1.